The lowest BCUT2D eigenvalue weighted by Gasteiger charge is -2.34. The Balaban J connectivity index is 1.04. The Hall–Kier alpha value is -8.04. The predicted octanol–water partition coefficient (Wildman–Crippen LogP) is 16.8. The summed E-state index contributed by atoms with van der Waals surface area (Å²) in [7, 11) is 0. The quantitative estimate of drug-likeness (QED) is 0.147. The third kappa shape index (κ3) is 5.65. The van der Waals surface area contributed by atoms with Gasteiger partial charge in [0.05, 0.1) is 10.8 Å². The number of nitrogens with zero attached hydrogens (tertiary/aromatic N) is 1. The van der Waals surface area contributed by atoms with Crippen molar-refractivity contribution in [2.75, 3.05) is 4.90 Å². The zero-order chi connectivity index (χ0) is 43.7. The van der Waals surface area contributed by atoms with Crippen LogP contribution in [0.5, 0.6) is 0 Å². The van der Waals surface area contributed by atoms with E-state index in [0.29, 0.717) is 0 Å². The van der Waals surface area contributed by atoms with Gasteiger partial charge in [-0.15, -0.1) is 11.3 Å². The maximum atomic E-state index is 2.47. The zero-order valence-electron chi connectivity index (χ0n) is 36.2. The number of benzene rings is 10. The van der Waals surface area contributed by atoms with E-state index in [1.807, 2.05) is 0 Å². The van der Waals surface area contributed by atoms with Crippen molar-refractivity contribution >= 4 is 38.5 Å². The molecule has 0 fully saturated rings. The second kappa shape index (κ2) is 15.3. The molecule has 2 aliphatic carbocycles. The van der Waals surface area contributed by atoms with Crippen molar-refractivity contribution in [1.82, 2.24) is 0 Å². The second-order valence-electron chi connectivity index (χ2n) is 17.6. The largest absolute Gasteiger partial charge is 0.310 e. The summed E-state index contributed by atoms with van der Waals surface area (Å²) in [4.78, 5) is 2.47. The fourth-order valence-corrected chi connectivity index (χ4v) is 12.4. The van der Waals surface area contributed by atoms with E-state index >= 15 is 0 Å². The van der Waals surface area contributed by atoms with Gasteiger partial charge in [0.1, 0.15) is 0 Å². The first-order valence-corrected chi connectivity index (χ1v) is 23.7. The van der Waals surface area contributed by atoms with Gasteiger partial charge in [0.2, 0.25) is 0 Å². The summed E-state index contributed by atoms with van der Waals surface area (Å²) in [5.41, 5.74) is 20.1. The number of fused-ring (bicyclic) bond motifs is 7. The van der Waals surface area contributed by atoms with E-state index in [1.165, 1.54) is 88.0 Å². The highest BCUT2D eigenvalue weighted by molar-refractivity contribution is 7.17. The average Bonchev–Trinajstić information content (AvgIpc) is 4.08. The second-order valence-corrected chi connectivity index (χ2v) is 18.5. The molecule has 2 heteroatoms. The minimum atomic E-state index is -0.474. The maximum absolute atomic E-state index is 2.47. The molecule has 0 bridgehead atoms. The van der Waals surface area contributed by atoms with Gasteiger partial charge in [0.15, 0.2) is 0 Å². The van der Waals surface area contributed by atoms with Crippen LogP contribution in [0.4, 0.5) is 17.1 Å². The van der Waals surface area contributed by atoms with Crippen LogP contribution in [-0.2, 0) is 10.8 Å². The molecule has 1 heterocycles. The average molecular weight is 858 g/mol. The molecule has 310 valence electrons. The Bertz CT molecular complexity index is 3310. The summed E-state index contributed by atoms with van der Waals surface area (Å²) in [5, 5.41) is 3.46. The molecule has 13 rings (SSSR count). The van der Waals surface area contributed by atoms with Crippen LogP contribution in [0.2, 0.25) is 0 Å². The van der Waals surface area contributed by atoms with Crippen LogP contribution in [-0.4, -0.2) is 0 Å². The number of thiophene rings is 1. The molecule has 0 atom stereocenters. The minimum absolute atomic E-state index is 0.474. The highest BCUT2D eigenvalue weighted by atomic mass is 32.1. The van der Waals surface area contributed by atoms with Crippen LogP contribution in [0.1, 0.15) is 44.5 Å². The molecular formula is C64H43NS. The van der Waals surface area contributed by atoms with Gasteiger partial charge < -0.3 is 4.90 Å². The van der Waals surface area contributed by atoms with Gasteiger partial charge >= 0.3 is 0 Å². The normalized spacial score (nSPS) is 13.7. The van der Waals surface area contributed by atoms with Crippen molar-refractivity contribution < 1.29 is 0 Å². The lowest BCUT2D eigenvalue weighted by Crippen LogP contribution is -2.28. The molecule has 0 amide bonds. The van der Waals surface area contributed by atoms with Gasteiger partial charge in [-0.3, -0.25) is 0 Å². The fraction of sp³-hybridized carbons (Fsp3) is 0.0312. The van der Waals surface area contributed by atoms with Gasteiger partial charge in [-0.2, -0.15) is 0 Å². The van der Waals surface area contributed by atoms with Crippen LogP contribution < -0.4 is 4.90 Å². The van der Waals surface area contributed by atoms with E-state index < -0.39 is 10.8 Å². The summed E-state index contributed by atoms with van der Waals surface area (Å²) in [6.07, 6.45) is 0. The lowest BCUT2D eigenvalue weighted by molar-refractivity contribution is 0.768. The summed E-state index contributed by atoms with van der Waals surface area (Å²) in [5.74, 6) is 0. The van der Waals surface area contributed by atoms with E-state index in [-0.39, 0.29) is 0 Å². The molecule has 66 heavy (non-hydrogen) atoms. The number of rotatable bonds is 8. The Morgan fingerprint density at radius 2 is 0.682 bits per heavy atom. The third-order valence-corrected chi connectivity index (χ3v) is 15.2. The zero-order valence-corrected chi connectivity index (χ0v) is 37.0. The Labute approximate surface area is 390 Å². The lowest BCUT2D eigenvalue weighted by atomic mass is 9.67. The molecular weight excluding hydrogens is 815 g/mol. The monoisotopic (exact) mass is 857 g/mol. The minimum Gasteiger partial charge on any atom is -0.310 e. The first kappa shape index (κ1) is 38.4. The van der Waals surface area contributed by atoms with E-state index in [9.17, 15) is 0 Å². The summed E-state index contributed by atoms with van der Waals surface area (Å²) < 4.78 is 1.30. The van der Waals surface area contributed by atoms with Crippen molar-refractivity contribution in [2.24, 2.45) is 0 Å². The molecule has 0 saturated carbocycles. The van der Waals surface area contributed by atoms with Gasteiger partial charge in [-0.05, 0) is 137 Å². The van der Waals surface area contributed by atoms with E-state index in [1.54, 1.807) is 11.3 Å². The Morgan fingerprint density at radius 3 is 1.15 bits per heavy atom. The van der Waals surface area contributed by atoms with Crippen molar-refractivity contribution in [3.05, 3.63) is 305 Å². The van der Waals surface area contributed by atoms with E-state index in [4.69, 9.17) is 0 Å². The molecule has 0 saturated heterocycles. The first-order valence-electron chi connectivity index (χ1n) is 22.8. The number of anilines is 3. The Kier molecular flexibility index (Phi) is 8.91. The maximum Gasteiger partial charge on any atom is 0.0713 e. The molecule has 2 aliphatic rings. The molecule has 0 spiro atoms. The van der Waals surface area contributed by atoms with Crippen LogP contribution in [0.3, 0.4) is 0 Å². The molecule has 1 nitrogen and oxygen atoms in total. The van der Waals surface area contributed by atoms with Crippen LogP contribution in [0.25, 0.3) is 43.5 Å². The van der Waals surface area contributed by atoms with Crippen LogP contribution in [0.15, 0.2) is 260 Å². The van der Waals surface area contributed by atoms with Crippen LogP contribution in [0, 0.1) is 0 Å². The fourth-order valence-electron chi connectivity index (χ4n) is 11.5. The predicted molar refractivity (Wildman–Crippen MR) is 277 cm³/mol. The number of hydrogen-bond donors (Lipinski definition) is 0. The molecule has 0 N–H and O–H groups in total. The smallest absolute Gasteiger partial charge is 0.0713 e. The highest BCUT2D eigenvalue weighted by Crippen LogP contribution is 2.59. The Morgan fingerprint density at radius 1 is 0.288 bits per heavy atom. The number of hydrogen-bond acceptors (Lipinski definition) is 2. The van der Waals surface area contributed by atoms with Crippen molar-refractivity contribution in [3.8, 4) is 33.4 Å². The van der Waals surface area contributed by atoms with Gasteiger partial charge in [-0.25, -0.2) is 0 Å². The highest BCUT2D eigenvalue weighted by Gasteiger charge is 2.48. The molecule has 11 aromatic rings. The van der Waals surface area contributed by atoms with Crippen molar-refractivity contribution in [3.63, 3.8) is 0 Å². The topological polar surface area (TPSA) is 3.24 Å². The van der Waals surface area contributed by atoms with E-state index in [0.717, 1.165) is 17.1 Å². The summed E-state index contributed by atoms with van der Waals surface area (Å²) in [6.45, 7) is 0. The van der Waals surface area contributed by atoms with Crippen molar-refractivity contribution in [1.29, 1.82) is 0 Å². The van der Waals surface area contributed by atoms with Gasteiger partial charge in [-0.1, -0.05) is 206 Å². The standard InChI is InChI=1S/C64H43NS/c1-5-17-47(18-6-1)63(48-19-7-2-8-20-48)58-27-15-13-25-54(58)56-42-52(35-37-60(56)63)65(51-33-31-44(32-34-51)46-30-29-45-39-40-66-62(45)41-46)53-36-38-61-57(43-53)55-26-14-16-28-59(55)64(61,49-21-9-3-10-22-49)50-23-11-4-12-24-50/h1-43H. The van der Waals surface area contributed by atoms with Gasteiger partial charge in [0, 0.05) is 21.8 Å². The third-order valence-electron chi connectivity index (χ3n) is 14.3. The summed E-state index contributed by atoms with van der Waals surface area (Å²) >= 11 is 1.79. The van der Waals surface area contributed by atoms with Crippen molar-refractivity contribution in [2.45, 2.75) is 10.8 Å². The molecule has 0 unspecified atom stereocenters. The first-order chi connectivity index (χ1) is 32.7. The summed E-state index contributed by atoms with van der Waals surface area (Å²) in [6, 6.07) is 94.9. The molecule has 1 aromatic heterocycles. The van der Waals surface area contributed by atoms with E-state index in [2.05, 4.69) is 265 Å². The molecule has 0 radical (unpaired) electrons. The van der Waals surface area contributed by atoms with Gasteiger partial charge in [0.25, 0.3) is 0 Å². The SMILES string of the molecule is c1ccc(C2(c3ccccc3)c3ccccc3-c3cc(N(c4ccc(-c5ccc6ccsc6c5)cc4)c4ccc5c(c4)-c4ccccc4C5(c4ccccc4)c4ccccc4)ccc32)cc1. The molecule has 0 aliphatic heterocycles. The van der Waals surface area contributed by atoms with Crippen LogP contribution >= 0.6 is 11.3 Å². The molecule has 10 aromatic carbocycles.